The number of benzene rings is 11. The Morgan fingerprint density at radius 3 is 1.33 bits per heavy atom. The molecule has 0 saturated heterocycles. The fraction of sp³-hybridized carbons (Fsp3) is 0.0385. The van der Waals surface area contributed by atoms with E-state index in [4.69, 9.17) is 29.7 Å². The molecule has 8 nitrogen and oxygen atoms in total. The molecule has 4 aromatic heterocycles. The van der Waals surface area contributed by atoms with Gasteiger partial charge in [-0.1, -0.05) is 255 Å². The first kappa shape index (κ1) is 47.3. The van der Waals surface area contributed by atoms with E-state index >= 15 is 0 Å². The molecule has 15 aromatic rings. The molecule has 9 heteroatoms. The van der Waals surface area contributed by atoms with E-state index in [1.54, 1.807) is 6.07 Å². The van der Waals surface area contributed by atoms with Crippen LogP contribution < -0.4 is 25.5 Å². The highest BCUT2D eigenvalue weighted by molar-refractivity contribution is 7.20. The summed E-state index contributed by atoms with van der Waals surface area (Å²) >= 11 is 0. The van der Waals surface area contributed by atoms with E-state index in [0.717, 1.165) is 76.5 Å². The van der Waals surface area contributed by atoms with Crippen molar-refractivity contribution in [2.45, 2.75) is 18.2 Å². The van der Waals surface area contributed by atoms with Gasteiger partial charge in [0.25, 0.3) is 0 Å². The zero-order valence-electron chi connectivity index (χ0n) is 51.0. The second-order valence-electron chi connectivity index (χ2n) is 21.8. The second-order valence-corrected chi connectivity index (χ2v) is 25.5. The monoisotopic (exact) mass is 1140 g/mol. The van der Waals surface area contributed by atoms with E-state index in [9.17, 15) is 5.48 Å². The number of rotatable bonds is 13. The highest BCUT2D eigenvalue weighted by atomic mass is 28.3. The molecule has 0 radical (unpaired) electrons. The number of hydrogen-bond acceptors (Lipinski definition) is 6. The van der Waals surface area contributed by atoms with E-state index < -0.39 is 26.2 Å². The maximum Gasteiger partial charge on any atom is 0.220 e. The molecular formula is C78H55N7OSi. The van der Waals surface area contributed by atoms with Gasteiger partial charge >= 0.3 is 0 Å². The lowest BCUT2D eigenvalue weighted by molar-refractivity contribution is 0.380. The van der Waals surface area contributed by atoms with Gasteiger partial charge in [-0.15, -0.1) is 0 Å². The van der Waals surface area contributed by atoms with Crippen LogP contribution in [0.5, 0.6) is 11.5 Å². The molecule has 0 aliphatic carbocycles. The zero-order valence-corrected chi connectivity index (χ0v) is 48.0. The third-order valence-corrected chi connectivity index (χ3v) is 21.5. The van der Waals surface area contributed by atoms with Gasteiger partial charge in [0, 0.05) is 62.7 Å². The number of imidazole rings is 2. The quantitative estimate of drug-likeness (QED) is 0.0845. The van der Waals surface area contributed by atoms with Gasteiger partial charge in [0.1, 0.15) is 23.1 Å². The van der Waals surface area contributed by atoms with E-state index in [2.05, 4.69) is 118 Å². The van der Waals surface area contributed by atoms with Crippen LogP contribution in [0.2, 0.25) is 0 Å². The first-order chi connectivity index (χ1) is 44.6. The standard InChI is InChI=1S/C78H55N7OSi/c1-7-27-54(28-8-1)65-50-66(55-29-9-2-10-30-55)80-74(79-65)52-78(53-75-81-67(56-31-11-3-12-32-56)51-68(82-75)57-33-13-4-14-34-57)62-41-19-24-47-72(62)86-76-63(78)42-26-48-73(76)87(59-36-15-5-16-37-59,60-38-17-6-18-39-60)61-40-25-35-58(49-61)84-70-45-22-23-46-71(70)85-69-44-21-20-43-64(69)83-77(84)85/h1-51H,52-53H2/i52D2,53D2. The molecule has 0 bridgehead atoms. The van der Waals surface area contributed by atoms with Crippen molar-refractivity contribution in [2.75, 3.05) is 0 Å². The van der Waals surface area contributed by atoms with Crippen molar-refractivity contribution in [1.82, 2.24) is 33.9 Å². The minimum absolute atomic E-state index is 0.226. The summed E-state index contributed by atoms with van der Waals surface area (Å²) in [5, 5.41) is 3.77. The molecule has 0 spiro atoms. The molecule has 0 fully saturated rings. The summed E-state index contributed by atoms with van der Waals surface area (Å²) in [6.07, 6.45) is -5.79. The molecule has 11 aromatic carbocycles. The van der Waals surface area contributed by atoms with Crippen LogP contribution >= 0.6 is 0 Å². The Morgan fingerprint density at radius 2 is 0.793 bits per heavy atom. The molecule has 412 valence electrons. The first-order valence-corrected chi connectivity index (χ1v) is 31.2. The van der Waals surface area contributed by atoms with Crippen LogP contribution in [0.3, 0.4) is 0 Å². The minimum Gasteiger partial charge on any atom is -0.457 e. The third-order valence-electron chi connectivity index (χ3n) is 16.7. The van der Waals surface area contributed by atoms with E-state index in [-0.39, 0.29) is 28.5 Å². The van der Waals surface area contributed by atoms with Crippen LogP contribution in [0.25, 0.3) is 78.6 Å². The van der Waals surface area contributed by atoms with Crippen molar-refractivity contribution in [3.8, 4) is 62.2 Å². The summed E-state index contributed by atoms with van der Waals surface area (Å²) in [6, 6.07) is 102. The Balaban J connectivity index is 1.04. The van der Waals surface area contributed by atoms with Gasteiger partial charge in [-0.3, -0.25) is 8.97 Å². The van der Waals surface area contributed by atoms with Gasteiger partial charge in [-0.25, -0.2) is 24.9 Å². The molecule has 16 rings (SSSR count). The number of ether oxygens (including phenoxy) is 1. The van der Waals surface area contributed by atoms with Gasteiger partial charge in [-0.05, 0) is 75.3 Å². The molecule has 5 heterocycles. The Kier molecular flexibility index (Phi) is 11.7. The van der Waals surface area contributed by atoms with Gasteiger partial charge in [0.2, 0.25) is 5.78 Å². The molecular weight excluding hydrogens is 1080 g/mol. The predicted molar refractivity (Wildman–Crippen MR) is 354 cm³/mol. The summed E-state index contributed by atoms with van der Waals surface area (Å²) in [5.41, 5.74) is 7.51. The summed E-state index contributed by atoms with van der Waals surface area (Å²) in [6.45, 7) is 0. The van der Waals surface area contributed by atoms with Gasteiger partial charge in [-0.2, -0.15) is 0 Å². The van der Waals surface area contributed by atoms with Gasteiger partial charge in [0.15, 0.2) is 8.07 Å². The average molecular weight is 1140 g/mol. The zero-order chi connectivity index (χ0) is 61.3. The summed E-state index contributed by atoms with van der Waals surface area (Å²) in [4.78, 5) is 26.4. The lowest BCUT2D eigenvalue weighted by atomic mass is 9.67. The van der Waals surface area contributed by atoms with E-state index in [0.29, 0.717) is 28.5 Å². The summed E-state index contributed by atoms with van der Waals surface area (Å²) < 4.78 is 58.2. The fourth-order valence-corrected chi connectivity index (χ4v) is 17.8. The maximum atomic E-state index is 11.5. The van der Waals surface area contributed by atoms with Crippen LogP contribution in [0.4, 0.5) is 0 Å². The van der Waals surface area contributed by atoms with Crippen LogP contribution in [0.15, 0.2) is 309 Å². The van der Waals surface area contributed by atoms with Crippen LogP contribution in [-0.2, 0) is 18.2 Å². The molecule has 1 aliphatic heterocycles. The normalized spacial score (nSPS) is 13.7. The number of hydrogen-bond donors (Lipinski definition) is 0. The lowest BCUT2D eigenvalue weighted by Crippen LogP contribution is -2.75. The van der Waals surface area contributed by atoms with Crippen molar-refractivity contribution < 1.29 is 10.2 Å². The Hall–Kier alpha value is -11.1. The second kappa shape index (κ2) is 21.5. The van der Waals surface area contributed by atoms with Gasteiger partial charge in [0.05, 0.1) is 44.8 Å². The van der Waals surface area contributed by atoms with E-state index in [1.165, 1.54) is 0 Å². The molecule has 0 amide bonds. The number of aromatic nitrogens is 7. The average Bonchev–Trinajstić information content (AvgIpc) is 1.62. The fourth-order valence-electron chi connectivity index (χ4n) is 12.9. The maximum absolute atomic E-state index is 11.5. The SMILES string of the molecule is [2H]C([2H])(c1nc(-c2ccccc2)cc(-c2ccccc2)n1)C1(C([2H])([2H])c2nc(-c3ccccc3)cc(-c3ccccc3)n2)c2ccccc2Oc2c1cccc2[Si](c1ccccc1)(c1ccccc1)c1cccc(-n2c3ccccc3n3c4ccccc4nc23)c1. The van der Waals surface area contributed by atoms with Gasteiger partial charge < -0.3 is 4.74 Å². The summed E-state index contributed by atoms with van der Waals surface area (Å²) in [5.74, 6) is 0.834. The molecule has 87 heavy (non-hydrogen) atoms. The number of nitrogens with zero attached hydrogens (tertiary/aromatic N) is 7. The van der Waals surface area contributed by atoms with Crippen molar-refractivity contribution in [1.29, 1.82) is 0 Å². The number of para-hydroxylation sites is 6. The van der Waals surface area contributed by atoms with Crippen molar-refractivity contribution >= 4 is 56.7 Å². The van der Waals surface area contributed by atoms with Crippen molar-refractivity contribution in [3.05, 3.63) is 332 Å². The molecule has 0 unspecified atom stereocenters. The summed E-state index contributed by atoms with van der Waals surface area (Å²) in [7, 11) is -3.84. The minimum atomic E-state index is -3.84. The predicted octanol–water partition coefficient (Wildman–Crippen LogP) is 14.9. The molecule has 0 saturated carbocycles. The van der Waals surface area contributed by atoms with Crippen molar-refractivity contribution in [2.24, 2.45) is 0 Å². The Labute approximate surface area is 510 Å². The van der Waals surface area contributed by atoms with Crippen LogP contribution in [-0.4, -0.2) is 42.0 Å². The number of fused-ring (bicyclic) bond motifs is 7. The Bertz CT molecular complexity index is 4940. The molecule has 0 atom stereocenters. The van der Waals surface area contributed by atoms with E-state index in [1.807, 2.05) is 194 Å². The molecule has 0 N–H and O–H groups in total. The topological polar surface area (TPSA) is 83.0 Å². The largest absolute Gasteiger partial charge is 0.457 e. The third kappa shape index (κ3) is 8.86. The lowest BCUT2D eigenvalue weighted by Gasteiger charge is -2.43. The highest BCUT2D eigenvalue weighted by Crippen LogP contribution is 2.51. The first-order valence-electron chi connectivity index (χ1n) is 31.2. The van der Waals surface area contributed by atoms with Crippen molar-refractivity contribution in [3.63, 3.8) is 0 Å². The van der Waals surface area contributed by atoms with Crippen LogP contribution in [0.1, 0.15) is 28.3 Å². The highest BCUT2D eigenvalue weighted by Gasteiger charge is 2.50. The molecule has 1 aliphatic rings. The smallest absolute Gasteiger partial charge is 0.220 e. The Morgan fingerprint density at radius 1 is 0.368 bits per heavy atom. The van der Waals surface area contributed by atoms with Crippen LogP contribution in [0, 0.1) is 0 Å².